The van der Waals surface area contributed by atoms with Crippen molar-refractivity contribution in [1.82, 2.24) is 14.7 Å². The highest BCUT2D eigenvalue weighted by atomic mass is 79.9. The maximum absolute atomic E-state index is 11.3. The van der Waals surface area contributed by atoms with Crippen LogP contribution in [0.3, 0.4) is 0 Å². The zero-order chi connectivity index (χ0) is 15.6. The zero-order valence-electron chi connectivity index (χ0n) is 12.4. The third kappa shape index (κ3) is 6.15. The molecule has 114 valence electrons. The summed E-state index contributed by atoms with van der Waals surface area (Å²) in [5.41, 5.74) is -0.608. The van der Waals surface area contributed by atoms with Crippen LogP contribution in [-0.2, 0) is 10.0 Å². The molecular formula is C12H21BrN4O2S. The molecule has 0 aliphatic carbocycles. The minimum Gasteiger partial charge on any atom is -0.368 e. The number of hydrogen-bond acceptors (Lipinski definition) is 5. The van der Waals surface area contributed by atoms with Crippen LogP contribution in [0.2, 0.25) is 0 Å². The molecule has 0 radical (unpaired) electrons. The molecule has 20 heavy (non-hydrogen) atoms. The number of aromatic nitrogens is 2. The zero-order valence-corrected chi connectivity index (χ0v) is 14.8. The molecule has 0 spiro atoms. The number of nitrogens with one attached hydrogen (secondary N) is 2. The summed E-state index contributed by atoms with van der Waals surface area (Å²) in [5.74, 6) is 1.62. The van der Waals surface area contributed by atoms with Crippen LogP contribution in [-0.4, -0.2) is 36.7 Å². The summed E-state index contributed by atoms with van der Waals surface area (Å²) < 4.78 is 25.8. The summed E-state index contributed by atoms with van der Waals surface area (Å²) in [6.45, 7) is 8.06. The maximum atomic E-state index is 11.3. The van der Waals surface area contributed by atoms with Crippen LogP contribution >= 0.6 is 15.9 Å². The lowest BCUT2D eigenvalue weighted by Gasteiger charge is -2.25. The quantitative estimate of drug-likeness (QED) is 0.755. The molecule has 0 saturated carbocycles. The second kappa shape index (κ2) is 6.36. The molecule has 2 N–H and O–H groups in total. The summed E-state index contributed by atoms with van der Waals surface area (Å²) in [5, 5.41) is 3.14. The van der Waals surface area contributed by atoms with Crippen molar-refractivity contribution in [2.75, 3.05) is 18.1 Å². The molecule has 0 saturated heterocycles. The van der Waals surface area contributed by atoms with Crippen LogP contribution in [0.4, 0.5) is 5.82 Å². The highest BCUT2D eigenvalue weighted by molar-refractivity contribution is 9.10. The van der Waals surface area contributed by atoms with Crippen molar-refractivity contribution >= 4 is 31.8 Å². The Morgan fingerprint density at radius 3 is 2.45 bits per heavy atom. The van der Waals surface area contributed by atoms with Crippen molar-refractivity contribution in [3.05, 3.63) is 16.5 Å². The van der Waals surface area contributed by atoms with E-state index < -0.39 is 15.6 Å². The fourth-order valence-electron chi connectivity index (χ4n) is 1.63. The molecule has 0 aromatic carbocycles. The molecule has 1 aromatic rings. The van der Waals surface area contributed by atoms with E-state index in [2.05, 4.69) is 35.9 Å². The minimum absolute atomic E-state index is 0.218. The summed E-state index contributed by atoms with van der Waals surface area (Å²) in [6.07, 6.45) is 1.15. The Kier molecular flexibility index (Phi) is 5.51. The van der Waals surface area contributed by atoms with E-state index in [1.165, 1.54) is 0 Å². The van der Waals surface area contributed by atoms with Gasteiger partial charge in [0.05, 0.1) is 6.26 Å². The Labute approximate surface area is 129 Å². The first-order chi connectivity index (χ1) is 8.98. The normalized spacial score (nSPS) is 12.8. The third-order valence-electron chi connectivity index (χ3n) is 2.40. The van der Waals surface area contributed by atoms with E-state index in [0.29, 0.717) is 17.0 Å². The Morgan fingerprint density at radius 2 is 1.95 bits per heavy atom. The maximum Gasteiger partial charge on any atom is 0.209 e. The van der Waals surface area contributed by atoms with Gasteiger partial charge in [0.1, 0.15) is 16.2 Å². The average Bonchev–Trinajstić information content (AvgIpc) is 2.22. The summed E-state index contributed by atoms with van der Waals surface area (Å²) >= 11 is 3.35. The molecule has 0 aliphatic rings. The van der Waals surface area contributed by atoms with Crippen molar-refractivity contribution in [2.24, 2.45) is 0 Å². The van der Waals surface area contributed by atoms with Crippen LogP contribution in [0.15, 0.2) is 10.7 Å². The van der Waals surface area contributed by atoms with Crippen LogP contribution < -0.4 is 10.0 Å². The van der Waals surface area contributed by atoms with E-state index in [1.54, 1.807) is 19.9 Å². The van der Waals surface area contributed by atoms with Gasteiger partial charge in [0, 0.05) is 24.1 Å². The highest BCUT2D eigenvalue weighted by Crippen LogP contribution is 2.18. The summed E-state index contributed by atoms with van der Waals surface area (Å²) in [7, 11) is -3.25. The predicted molar refractivity (Wildman–Crippen MR) is 84.4 cm³/mol. The van der Waals surface area contributed by atoms with Gasteiger partial charge in [0.25, 0.3) is 0 Å². The number of nitrogens with zero attached hydrogens (tertiary/aromatic N) is 2. The number of sulfonamides is 1. The highest BCUT2D eigenvalue weighted by Gasteiger charge is 2.22. The van der Waals surface area contributed by atoms with E-state index in [1.807, 2.05) is 13.8 Å². The first-order valence-corrected chi connectivity index (χ1v) is 8.94. The standard InChI is InChI=1S/C12H21BrN4O2S/c1-8(2)11-15-9(13)6-10(16-11)14-7-12(3,4)17-20(5,18)19/h6,8,17H,7H2,1-5H3,(H,14,15,16). The van der Waals surface area contributed by atoms with Gasteiger partial charge in [-0.1, -0.05) is 13.8 Å². The molecule has 0 aliphatic heterocycles. The average molecular weight is 365 g/mol. The molecule has 6 nitrogen and oxygen atoms in total. The Balaban J connectivity index is 2.79. The molecule has 0 unspecified atom stereocenters. The molecule has 1 aromatic heterocycles. The first kappa shape index (κ1) is 17.3. The fraction of sp³-hybridized carbons (Fsp3) is 0.667. The lowest BCUT2D eigenvalue weighted by atomic mass is 10.1. The molecule has 1 rings (SSSR count). The van der Waals surface area contributed by atoms with Crippen LogP contribution in [0.5, 0.6) is 0 Å². The predicted octanol–water partition coefficient (Wildman–Crippen LogP) is 2.10. The topological polar surface area (TPSA) is 84.0 Å². The van der Waals surface area contributed by atoms with E-state index in [9.17, 15) is 8.42 Å². The monoisotopic (exact) mass is 364 g/mol. The molecule has 0 amide bonds. The number of halogens is 1. The smallest absolute Gasteiger partial charge is 0.209 e. The van der Waals surface area contributed by atoms with Gasteiger partial charge in [0.15, 0.2) is 0 Å². The van der Waals surface area contributed by atoms with Gasteiger partial charge in [-0.05, 0) is 29.8 Å². The van der Waals surface area contributed by atoms with Gasteiger partial charge >= 0.3 is 0 Å². The third-order valence-corrected chi connectivity index (χ3v) is 3.73. The molecule has 0 fully saturated rings. The summed E-state index contributed by atoms with van der Waals surface area (Å²) in [6, 6.07) is 1.77. The minimum atomic E-state index is -3.25. The van der Waals surface area contributed by atoms with E-state index >= 15 is 0 Å². The number of anilines is 1. The lowest BCUT2D eigenvalue weighted by Crippen LogP contribution is -2.47. The second-order valence-electron chi connectivity index (χ2n) is 5.70. The van der Waals surface area contributed by atoms with Gasteiger partial charge in [-0.15, -0.1) is 0 Å². The number of hydrogen-bond donors (Lipinski definition) is 2. The van der Waals surface area contributed by atoms with Crippen LogP contribution in [0.25, 0.3) is 0 Å². The van der Waals surface area contributed by atoms with Crippen molar-refractivity contribution in [1.29, 1.82) is 0 Å². The van der Waals surface area contributed by atoms with Gasteiger partial charge in [-0.3, -0.25) is 0 Å². The fourth-order valence-corrected chi connectivity index (χ4v) is 3.11. The Hall–Kier alpha value is -0.730. The van der Waals surface area contributed by atoms with E-state index in [4.69, 9.17) is 0 Å². The lowest BCUT2D eigenvalue weighted by molar-refractivity contribution is 0.475. The molecule has 1 heterocycles. The van der Waals surface area contributed by atoms with E-state index in [-0.39, 0.29) is 5.92 Å². The summed E-state index contributed by atoms with van der Waals surface area (Å²) in [4.78, 5) is 8.69. The molecule has 0 atom stereocenters. The molecule has 0 bridgehead atoms. The Bertz CT molecular complexity index is 573. The van der Waals surface area contributed by atoms with Gasteiger partial charge < -0.3 is 5.32 Å². The van der Waals surface area contributed by atoms with Gasteiger partial charge in [-0.25, -0.2) is 23.1 Å². The Morgan fingerprint density at radius 1 is 1.35 bits per heavy atom. The van der Waals surface area contributed by atoms with Gasteiger partial charge in [-0.2, -0.15) is 0 Å². The van der Waals surface area contributed by atoms with E-state index in [0.717, 1.165) is 12.1 Å². The van der Waals surface area contributed by atoms with Gasteiger partial charge in [0.2, 0.25) is 10.0 Å². The van der Waals surface area contributed by atoms with Crippen molar-refractivity contribution < 1.29 is 8.42 Å². The molecular weight excluding hydrogens is 344 g/mol. The molecule has 8 heteroatoms. The van der Waals surface area contributed by atoms with Crippen LogP contribution in [0.1, 0.15) is 39.4 Å². The second-order valence-corrected chi connectivity index (χ2v) is 8.26. The van der Waals surface area contributed by atoms with Crippen molar-refractivity contribution in [2.45, 2.75) is 39.2 Å². The van der Waals surface area contributed by atoms with Crippen molar-refractivity contribution in [3.8, 4) is 0 Å². The largest absolute Gasteiger partial charge is 0.368 e. The van der Waals surface area contributed by atoms with Crippen LogP contribution in [0, 0.1) is 0 Å². The first-order valence-electron chi connectivity index (χ1n) is 6.26. The van der Waals surface area contributed by atoms with Crippen molar-refractivity contribution in [3.63, 3.8) is 0 Å². The SMILES string of the molecule is CC(C)c1nc(Br)cc(NCC(C)(C)NS(C)(=O)=O)n1. The number of rotatable bonds is 6.